The molecular weight excluding hydrogens is 692 g/mol. The van der Waals surface area contributed by atoms with Gasteiger partial charge in [-0.3, -0.25) is 19.3 Å². The molecule has 274 valence electrons. The Kier molecular flexibility index (Phi) is 10.2. The van der Waals surface area contributed by atoms with Crippen molar-refractivity contribution < 1.29 is 47.7 Å². The molecule has 0 aliphatic carbocycles. The highest BCUT2D eigenvalue weighted by Gasteiger charge is 2.60. The van der Waals surface area contributed by atoms with E-state index in [4.69, 9.17) is 18.9 Å². The normalized spacial score (nSPS) is 23.6. The average molecular weight is 729 g/mol. The van der Waals surface area contributed by atoms with Gasteiger partial charge in [-0.05, 0) is 48.9 Å². The van der Waals surface area contributed by atoms with Crippen LogP contribution >= 0.6 is 0 Å². The van der Waals surface area contributed by atoms with Crippen LogP contribution in [0, 0.1) is 5.92 Å². The molecule has 0 radical (unpaired) electrons. The Labute approximate surface area is 310 Å². The molecule has 1 fully saturated rings. The molecule has 3 aliphatic heterocycles. The van der Waals surface area contributed by atoms with Crippen molar-refractivity contribution in [3.63, 3.8) is 0 Å². The highest BCUT2D eigenvalue weighted by Crippen LogP contribution is 2.44. The number of nitrogens with zero attached hydrogens (tertiary/aromatic N) is 2. The molecule has 3 amide bonds. The van der Waals surface area contributed by atoms with Crippen molar-refractivity contribution in [1.29, 1.82) is 0 Å². The van der Waals surface area contributed by atoms with E-state index in [0.717, 1.165) is 10.5 Å². The summed E-state index contributed by atoms with van der Waals surface area (Å²) in [6.45, 7) is 1.38. The van der Waals surface area contributed by atoms with Gasteiger partial charge in [-0.1, -0.05) is 84.9 Å². The van der Waals surface area contributed by atoms with Gasteiger partial charge in [-0.15, -0.1) is 0 Å². The van der Waals surface area contributed by atoms with Gasteiger partial charge in [0.2, 0.25) is 5.91 Å². The number of hydrogen-bond acceptors (Lipinski definition) is 10. The number of hydrogen-bond donors (Lipinski definition) is 0. The van der Waals surface area contributed by atoms with Crippen LogP contribution in [0.25, 0.3) is 0 Å². The maximum absolute atomic E-state index is 14.4. The van der Waals surface area contributed by atoms with Crippen molar-refractivity contribution in [1.82, 2.24) is 9.80 Å². The summed E-state index contributed by atoms with van der Waals surface area (Å²) in [5.74, 6) is -5.77. The third kappa shape index (κ3) is 6.91. The Morgan fingerprint density at radius 3 is 1.65 bits per heavy atom. The maximum atomic E-state index is 14.4. The molecular formula is C42H36N2O10. The van der Waals surface area contributed by atoms with Gasteiger partial charge >= 0.3 is 17.9 Å². The zero-order chi connectivity index (χ0) is 37.9. The second-order valence-corrected chi connectivity index (χ2v) is 13.2. The summed E-state index contributed by atoms with van der Waals surface area (Å²) >= 11 is 0. The quantitative estimate of drug-likeness (QED) is 0.131. The van der Waals surface area contributed by atoms with Gasteiger partial charge < -0.3 is 23.8 Å². The number of carbonyl (C=O) groups excluding carboxylic acids is 6. The number of ether oxygens (including phenoxy) is 4. The topological polar surface area (TPSA) is 146 Å². The van der Waals surface area contributed by atoms with E-state index in [-0.39, 0.29) is 34.4 Å². The fourth-order valence-electron chi connectivity index (χ4n) is 7.11. The number of rotatable bonds is 10. The predicted octanol–water partition coefficient (Wildman–Crippen LogP) is 4.40. The van der Waals surface area contributed by atoms with Crippen LogP contribution < -0.4 is 0 Å². The van der Waals surface area contributed by atoms with Crippen LogP contribution in [0.1, 0.15) is 43.6 Å². The SMILES string of the molecule is C[C@@H]1C2=C(C(=O)N1Cc1ccccc1)[C@H]([C@H]1O[C@@H](COC(=O)c3ccccc3)[C@@H](OC(=O)c3ccccc3)[C@H]1OC(=O)c1ccccc1)C(=O)N(C)C2=O. The molecule has 54 heavy (non-hydrogen) atoms. The lowest BCUT2D eigenvalue weighted by atomic mass is 9.82. The summed E-state index contributed by atoms with van der Waals surface area (Å²) < 4.78 is 24.3. The predicted molar refractivity (Wildman–Crippen MR) is 191 cm³/mol. The first kappa shape index (κ1) is 36.0. The van der Waals surface area contributed by atoms with Crippen molar-refractivity contribution in [2.45, 2.75) is 43.9 Å². The molecule has 0 saturated carbocycles. The number of likely N-dealkylation sites (N-methyl/N-ethyl adjacent to an activating group) is 1. The molecule has 7 rings (SSSR count). The zero-order valence-electron chi connectivity index (χ0n) is 29.4. The molecule has 4 aromatic rings. The fraction of sp³-hybridized carbons (Fsp3) is 0.238. The summed E-state index contributed by atoms with van der Waals surface area (Å²) in [5.41, 5.74) is 1.41. The lowest BCUT2D eigenvalue weighted by molar-refractivity contribution is -0.150. The van der Waals surface area contributed by atoms with E-state index < -0.39 is 78.6 Å². The first-order valence-corrected chi connectivity index (χ1v) is 17.4. The molecule has 0 N–H and O–H groups in total. The second-order valence-electron chi connectivity index (χ2n) is 13.2. The standard InChI is InChI=1S/C42H36N2O10/c1-25-31-32(39(47)44(25)23-26-15-7-3-8-16-26)33(38(46)43(2)37(31)45)35-36(54-42(50)29-21-13-6-14-22-29)34(53-41(49)28-19-11-5-12-20-28)30(52-35)24-51-40(48)27-17-9-4-10-18-27/h3-22,25,30,33-36H,23-24H2,1-2H3/t25-,30+,33-,34-,35-,36-/m1/s1. The van der Waals surface area contributed by atoms with E-state index in [1.807, 2.05) is 30.3 Å². The van der Waals surface area contributed by atoms with Crippen molar-refractivity contribution in [3.05, 3.63) is 155 Å². The van der Waals surface area contributed by atoms with E-state index in [1.54, 1.807) is 73.7 Å². The van der Waals surface area contributed by atoms with Gasteiger partial charge in [0.15, 0.2) is 12.2 Å². The summed E-state index contributed by atoms with van der Waals surface area (Å²) in [6.07, 6.45) is -5.69. The lowest BCUT2D eigenvalue weighted by Crippen LogP contribution is -2.52. The van der Waals surface area contributed by atoms with Gasteiger partial charge in [0, 0.05) is 24.7 Å². The highest BCUT2D eigenvalue weighted by atomic mass is 16.7. The average Bonchev–Trinajstić information content (AvgIpc) is 3.65. The Bertz CT molecular complexity index is 2110. The molecule has 1 saturated heterocycles. The molecule has 6 atom stereocenters. The molecule has 3 aliphatic rings. The van der Waals surface area contributed by atoms with Crippen LogP contribution in [-0.2, 0) is 39.9 Å². The first-order chi connectivity index (χ1) is 26.1. The number of esters is 3. The van der Waals surface area contributed by atoms with Crippen LogP contribution in [-0.4, -0.2) is 89.5 Å². The summed E-state index contributed by atoms with van der Waals surface area (Å²) in [6, 6.07) is 32.8. The van der Waals surface area contributed by atoms with E-state index in [9.17, 15) is 28.8 Å². The van der Waals surface area contributed by atoms with Crippen LogP contribution in [0.3, 0.4) is 0 Å². The Balaban J connectivity index is 1.30. The minimum absolute atomic E-state index is 0.0904. The summed E-state index contributed by atoms with van der Waals surface area (Å²) in [7, 11) is 1.31. The molecule has 0 aromatic heterocycles. The Morgan fingerprint density at radius 2 is 1.11 bits per heavy atom. The summed E-state index contributed by atoms with van der Waals surface area (Å²) in [5, 5.41) is 0. The first-order valence-electron chi connectivity index (χ1n) is 17.4. The molecule has 12 nitrogen and oxygen atoms in total. The number of amides is 3. The van der Waals surface area contributed by atoms with Crippen molar-refractivity contribution in [2.75, 3.05) is 13.7 Å². The molecule has 4 aromatic carbocycles. The number of imide groups is 1. The minimum Gasteiger partial charge on any atom is -0.459 e. The molecule has 0 bridgehead atoms. The number of carbonyl (C=O) groups is 6. The molecule has 3 heterocycles. The van der Waals surface area contributed by atoms with Crippen molar-refractivity contribution in [3.8, 4) is 0 Å². The highest BCUT2D eigenvalue weighted by molar-refractivity contribution is 6.19. The Morgan fingerprint density at radius 1 is 0.630 bits per heavy atom. The van der Waals surface area contributed by atoms with Crippen LogP contribution in [0.5, 0.6) is 0 Å². The monoisotopic (exact) mass is 728 g/mol. The van der Waals surface area contributed by atoms with E-state index in [0.29, 0.717) is 0 Å². The third-order valence-electron chi connectivity index (χ3n) is 9.87. The van der Waals surface area contributed by atoms with Gasteiger partial charge in [0.05, 0.1) is 28.7 Å². The zero-order valence-corrected chi connectivity index (χ0v) is 29.4. The van der Waals surface area contributed by atoms with E-state index in [1.165, 1.54) is 36.2 Å². The van der Waals surface area contributed by atoms with E-state index >= 15 is 0 Å². The van der Waals surface area contributed by atoms with Crippen LogP contribution in [0.2, 0.25) is 0 Å². The smallest absolute Gasteiger partial charge is 0.338 e. The van der Waals surface area contributed by atoms with Gasteiger partial charge in [0.1, 0.15) is 18.8 Å². The maximum Gasteiger partial charge on any atom is 0.338 e. The van der Waals surface area contributed by atoms with Gasteiger partial charge in [-0.25, -0.2) is 14.4 Å². The summed E-state index contributed by atoms with van der Waals surface area (Å²) in [4.78, 5) is 85.3. The number of benzene rings is 4. The molecule has 0 unspecified atom stereocenters. The van der Waals surface area contributed by atoms with Crippen LogP contribution in [0.4, 0.5) is 0 Å². The van der Waals surface area contributed by atoms with Gasteiger partial charge in [-0.2, -0.15) is 0 Å². The van der Waals surface area contributed by atoms with Crippen LogP contribution in [0.15, 0.2) is 132 Å². The van der Waals surface area contributed by atoms with Crippen molar-refractivity contribution in [2.24, 2.45) is 5.92 Å². The fourth-order valence-corrected chi connectivity index (χ4v) is 7.11. The molecule has 12 heteroatoms. The molecule has 0 spiro atoms. The minimum atomic E-state index is -1.51. The third-order valence-corrected chi connectivity index (χ3v) is 9.87. The second kappa shape index (κ2) is 15.3. The largest absolute Gasteiger partial charge is 0.459 e. The van der Waals surface area contributed by atoms with Crippen molar-refractivity contribution >= 4 is 35.6 Å². The lowest BCUT2D eigenvalue weighted by Gasteiger charge is -2.34. The van der Waals surface area contributed by atoms with E-state index in [2.05, 4.69) is 0 Å². The Hall–Kier alpha value is -6.40. The van der Waals surface area contributed by atoms with Gasteiger partial charge in [0.25, 0.3) is 11.8 Å².